The molecule has 1 heterocycles. The molecule has 1 aliphatic heterocycles. The number of aliphatic carboxylic acids is 1. The summed E-state index contributed by atoms with van der Waals surface area (Å²) in [7, 11) is 0. The van der Waals surface area contributed by atoms with Crippen LogP contribution in [0.15, 0.2) is 35.2 Å². The molecule has 0 spiro atoms. The summed E-state index contributed by atoms with van der Waals surface area (Å²) in [6.45, 7) is -0.674. The largest absolute Gasteiger partial charge is 0.479 e. The van der Waals surface area contributed by atoms with Crippen LogP contribution in [-0.4, -0.2) is 33.7 Å². The third kappa shape index (κ3) is 5.04. The van der Waals surface area contributed by atoms with Gasteiger partial charge in [0.05, 0.1) is 21.5 Å². The van der Waals surface area contributed by atoms with Crippen molar-refractivity contribution in [2.45, 2.75) is 6.54 Å². The van der Waals surface area contributed by atoms with Gasteiger partial charge in [0, 0.05) is 15.6 Å². The van der Waals surface area contributed by atoms with Crippen molar-refractivity contribution in [3.05, 3.63) is 66.5 Å². The monoisotopic (exact) mass is 505 g/mol. The molecule has 1 aliphatic rings. The van der Waals surface area contributed by atoms with Gasteiger partial charge < -0.3 is 9.84 Å². The van der Waals surface area contributed by atoms with Crippen molar-refractivity contribution in [1.82, 2.24) is 4.90 Å². The molecule has 0 atom stereocenters. The molecule has 30 heavy (non-hydrogen) atoms. The first-order chi connectivity index (χ1) is 14.2. The van der Waals surface area contributed by atoms with E-state index in [4.69, 9.17) is 56.2 Å². The van der Waals surface area contributed by atoms with Gasteiger partial charge in [-0.15, -0.1) is 0 Å². The fourth-order valence-corrected chi connectivity index (χ4v) is 4.53. The molecule has 11 heteroatoms. The van der Waals surface area contributed by atoms with Gasteiger partial charge in [0.15, 0.2) is 12.4 Å². The van der Waals surface area contributed by atoms with E-state index < -0.39 is 23.7 Å². The highest BCUT2D eigenvalue weighted by molar-refractivity contribution is 8.18. The zero-order valence-corrected chi connectivity index (χ0v) is 18.7. The highest BCUT2D eigenvalue weighted by Gasteiger charge is 2.35. The lowest BCUT2D eigenvalue weighted by Gasteiger charge is -2.14. The number of rotatable bonds is 6. The molecule has 3 rings (SSSR count). The minimum Gasteiger partial charge on any atom is -0.479 e. The first kappa shape index (κ1) is 22.8. The van der Waals surface area contributed by atoms with Gasteiger partial charge >= 0.3 is 5.97 Å². The molecule has 1 N–H and O–H groups in total. The van der Waals surface area contributed by atoms with Crippen molar-refractivity contribution >= 4 is 81.4 Å². The van der Waals surface area contributed by atoms with E-state index >= 15 is 0 Å². The molecular formula is C19H11Cl4NO5S. The number of carboxylic acids is 1. The van der Waals surface area contributed by atoms with Crippen LogP contribution in [0.2, 0.25) is 20.1 Å². The summed E-state index contributed by atoms with van der Waals surface area (Å²) in [6, 6.07) is 7.80. The average Bonchev–Trinajstić information content (AvgIpc) is 2.91. The van der Waals surface area contributed by atoms with Crippen LogP contribution in [0.3, 0.4) is 0 Å². The Morgan fingerprint density at radius 2 is 1.67 bits per heavy atom. The maximum atomic E-state index is 12.7. The molecule has 0 unspecified atom stereocenters. The van der Waals surface area contributed by atoms with Crippen molar-refractivity contribution in [3.63, 3.8) is 0 Å². The Hall–Kier alpha value is -1.90. The van der Waals surface area contributed by atoms with E-state index in [-0.39, 0.29) is 27.2 Å². The Balaban J connectivity index is 1.84. The molecule has 0 aromatic heterocycles. The number of imide groups is 1. The number of halogens is 4. The summed E-state index contributed by atoms with van der Waals surface area (Å²) in [4.78, 5) is 36.9. The summed E-state index contributed by atoms with van der Waals surface area (Å²) in [5.41, 5.74) is 0.907. The fraction of sp³-hybridized carbons (Fsp3) is 0.105. The summed E-state index contributed by atoms with van der Waals surface area (Å²) in [5.74, 6) is -1.68. The first-order valence-corrected chi connectivity index (χ1v) is 10.5. The predicted octanol–water partition coefficient (Wildman–Crippen LogP) is 6.00. The Bertz CT molecular complexity index is 1050. The number of hydrogen-bond acceptors (Lipinski definition) is 5. The fourth-order valence-electron chi connectivity index (χ4n) is 2.56. The number of nitrogens with zero attached hydrogens (tertiary/aromatic N) is 1. The number of ether oxygens (including phenoxy) is 1. The van der Waals surface area contributed by atoms with Crippen molar-refractivity contribution in [2.24, 2.45) is 0 Å². The quantitative estimate of drug-likeness (QED) is 0.483. The van der Waals surface area contributed by atoms with Crippen molar-refractivity contribution < 1.29 is 24.2 Å². The Morgan fingerprint density at radius 3 is 2.23 bits per heavy atom. The Kier molecular flexibility index (Phi) is 7.21. The van der Waals surface area contributed by atoms with Crippen LogP contribution in [0.25, 0.3) is 6.08 Å². The molecule has 2 amide bonds. The van der Waals surface area contributed by atoms with Crippen LogP contribution in [0.1, 0.15) is 11.1 Å². The smallest absolute Gasteiger partial charge is 0.341 e. The minimum absolute atomic E-state index is 0.0133. The maximum absolute atomic E-state index is 12.7. The number of amides is 2. The zero-order valence-electron chi connectivity index (χ0n) is 14.8. The van der Waals surface area contributed by atoms with Crippen LogP contribution in [0.5, 0.6) is 5.75 Å². The van der Waals surface area contributed by atoms with Crippen LogP contribution < -0.4 is 4.74 Å². The van der Waals surface area contributed by atoms with E-state index in [2.05, 4.69) is 0 Å². The molecule has 1 fully saturated rings. The summed E-state index contributed by atoms with van der Waals surface area (Å²) in [5, 5.41) is 9.06. The number of benzene rings is 2. The molecular weight excluding hydrogens is 496 g/mol. The van der Waals surface area contributed by atoms with Crippen LogP contribution in [0, 0.1) is 0 Å². The highest BCUT2D eigenvalue weighted by Crippen LogP contribution is 2.38. The molecule has 6 nitrogen and oxygen atoms in total. The average molecular weight is 507 g/mol. The molecule has 156 valence electrons. The van der Waals surface area contributed by atoms with Crippen LogP contribution >= 0.6 is 58.2 Å². The SMILES string of the molecule is O=C(O)COc1c(Cl)cc(/C=C2\SC(=O)N(Cc3c(Cl)cccc3Cl)C2=O)cc1Cl. The van der Waals surface area contributed by atoms with E-state index in [0.717, 1.165) is 16.7 Å². The lowest BCUT2D eigenvalue weighted by atomic mass is 10.2. The van der Waals surface area contributed by atoms with E-state index in [0.29, 0.717) is 21.2 Å². The van der Waals surface area contributed by atoms with Gasteiger partial charge in [-0.2, -0.15) is 0 Å². The van der Waals surface area contributed by atoms with Gasteiger partial charge in [-0.25, -0.2) is 4.79 Å². The molecule has 1 saturated heterocycles. The van der Waals surface area contributed by atoms with Gasteiger partial charge in [0.1, 0.15) is 0 Å². The number of carbonyl (C=O) groups excluding carboxylic acids is 2. The second-order valence-corrected chi connectivity index (χ2v) is 8.59. The van der Waals surface area contributed by atoms with Crippen LogP contribution in [-0.2, 0) is 16.1 Å². The maximum Gasteiger partial charge on any atom is 0.341 e. The van der Waals surface area contributed by atoms with Crippen molar-refractivity contribution in [1.29, 1.82) is 0 Å². The van der Waals surface area contributed by atoms with Gasteiger partial charge in [0.25, 0.3) is 11.1 Å². The molecule has 0 bridgehead atoms. The van der Waals surface area contributed by atoms with E-state index in [1.807, 2.05) is 0 Å². The second-order valence-electron chi connectivity index (χ2n) is 5.96. The predicted molar refractivity (Wildman–Crippen MR) is 118 cm³/mol. The zero-order chi connectivity index (χ0) is 22.0. The summed E-state index contributed by atoms with van der Waals surface area (Å²) < 4.78 is 5.05. The second kappa shape index (κ2) is 9.49. The Morgan fingerprint density at radius 1 is 1.07 bits per heavy atom. The number of carbonyl (C=O) groups is 3. The number of thioether (sulfide) groups is 1. The Labute approximate surface area is 195 Å². The molecule has 2 aromatic carbocycles. The van der Waals surface area contributed by atoms with E-state index in [9.17, 15) is 14.4 Å². The minimum atomic E-state index is -1.18. The highest BCUT2D eigenvalue weighted by atomic mass is 35.5. The van der Waals surface area contributed by atoms with Crippen molar-refractivity contribution in [2.75, 3.05) is 6.61 Å². The molecule has 2 aromatic rings. The first-order valence-electron chi connectivity index (χ1n) is 8.19. The van der Waals surface area contributed by atoms with E-state index in [1.165, 1.54) is 18.2 Å². The molecule has 0 saturated carbocycles. The van der Waals surface area contributed by atoms with E-state index in [1.54, 1.807) is 18.2 Å². The molecule has 0 aliphatic carbocycles. The topological polar surface area (TPSA) is 83.9 Å². The normalized spacial score (nSPS) is 15.2. The number of hydrogen-bond donors (Lipinski definition) is 1. The lowest BCUT2D eigenvalue weighted by Crippen LogP contribution is -2.27. The van der Waals surface area contributed by atoms with Crippen LogP contribution in [0.4, 0.5) is 4.79 Å². The van der Waals surface area contributed by atoms with Crippen molar-refractivity contribution in [3.8, 4) is 5.75 Å². The summed E-state index contributed by atoms with van der Waals surface area (Å²) in [6.07, 6.45) is 1.46. The third-order valence-electron chi connectivity index (χ3n) is 3.91. The van der Waals surface area contributed by atoms with Gasteiger partial charge in [-0.1, -0.05) is 52.5 Å². The molecule has 0 radical (unpaired) electrons. The standard InChI is InChI=1S/C19H11Cl4NO5S/c20-11-2-1-3-12(21)10(11)7-24-18(27)15(30-19(24)28)6-9-4-13(22)17(14(23)5-9)29-8-16(25)26/h1-6H,7-8H2,(H,25,26)/b15-6-. The number of carboxylic acid groups (broad SMARTS) is 1. The summed E-state index contributed by atoms with van der Waals surface area (Å²) >= 11 is 25.2. The third-order valence-corrected chi connectivity index (χ3v) is 6.09. The van der Waals surface area contributed by atoms with Gasteiger partial charge in [-0.05, 0) is 47.7 Å². The van der Waals surface area contributed by atoms with Gasteiger partial charge in [0.2, 0.25) is 0 Å². The lowest BCUT2D eigenvalue weighted by molar-refractivity contribution is -0.139. The van der Waals surface area contributed by atoms with Gasteiger partial charge in [-0.3, -0.25) is 14.5 Å².